The Morgan fingerprint density at radius 1 is 1.12 bits per heavy atom. The standard InChI is InChI=1S/C19H20N2O4/c1-25-15-6-4-5-13(11-15)20-17-8-3-2-7-16(17)18(22)21-14-9-12(10-14)19(23)24/h2-8,11-12,14,20H,9-10H2,1H3,(H,21,22)(H,23,24). The van der Waals surface area contributed by atoms with Crippen LogP contribution >= 0.6 is 0 Å². The van der Waals surface area contributed by atoms with Gasteiger partial charge in [0.1, 0.15) is 5.75 Å². The van der Waals surface area contributed by atoms with Crippen LogP contribution in [0.15, 0.2) is 48.5 Å². The number of carboxylic acids is 1. The summed E-state index contributed by atoms with van der Waals surface area (Å²) in [5, 5.41) is 15.0. The first-order valence-electron chi connectivity index (χ1n) is 8.10. The molecule has 0 aromatic heterocycles. The largest absolute Gasteiger partial charge is 0.497 e. The molecular formula is C19H20N2O4. The number of carboxylic acid groups (broad SMARTS) is 1. The third-order valence-corrected chi connectivity index (χ3v) is 4.34. The van der Waals surface area contributed by atoms with E-state index < -0.39 is 5.97 Å². The first-order valence-corrected chi connectivity index (χ1v) is 8.10. The summed E-state index contributed by atoms with van der Waals surface area (Å²) in [6.45, 7) is 0. The topological polar surface area (TPSA) is 87.7 Å². The third kappa shape index (κ3) is 3.91. The van der Waals surface area contributed by atoms with Crippen LogP contribution in [0.2, 0.25) is 0 Å². The number of amides is 1. The Morgan fingerprint density at radius 2 is 1.88 bits per heavy atom. The number of ether oxygens (including phenoxy) is 1. The van der Waals surface area contributed by atoms with E-state index >= 15 is 0 Å². The van der Waals surface area contributed by atoms with Gasteiger partial charge in [0.25, 0.3) is 5.91 Å². The summed E-state index contributed by atoms with van der Waals surface area (Å²) < 4.78 is 5.21. The van der Waals surface area contributed by atoms with Gasteiger partial charge in [-0.1, -0.05) is 18.2 Å². The number of nitrogens with one attached hydrogen (secondary N) is 2. The average molecular weight is 340 g/mol. The van der Waals surface area contributed by atoms with Crippen molar-refractivity contribution in [1.82, 2.24) is 5.32 Å². The van der Waals surface area contributed by atoms with Gasteiger partial charge in [0, 0.05) is 17.8 Å². The van der Waals surface area contributed by atoms with Gasteiger partial charge >= 0.3 is 5.97 Å². The highest BCUT2D eigenvalue weighted by Crippen LogP contribution is 2.29. The van der Waals surface area contributed by atoms with Crippen molar-refractivity contribution in [3.63, 3.8) is 0 Å². The van der Waals surface area contributed by atoms with Crippen molar-refractivity contribution < 1.29 is 19.4 Å². The molecular weight excluding hydrogens is 320 g/mol. The van der Waals surface area contributed by atoms with Crippen molar-refractivity contribution in [2.75, 3.05) is 12.4 Å². The summed E-state index contributed by atoms with van der Waals surface area (Å²) in [5.41, 5.74) is 2.01. The molecule has 0 saturated heterocycles. The summed E-state index contributed by atoms with van der Waals surface area (Å²) in [5.74, 6) is -0.637. The Balaban J connectivity index is 1.70. The molecule has 1 fully saturated rings. The number of hydrogen-bond donors (Lipinski definition) is 3. The molecule has 130 valence electrons. The molecule has 0 bridgehead atoms. The fourth-order valence-corrected chi connectivity index (χ4v) is 2.85. The van der Waals surface area contributed by atoms with Crippen LogP contribution in [0.3, 0.4) is 0 Å². The van der Waals surface area contributed by atoms with Gasteiger partial charge in [0.15, 0.2) is 0 Å². The van der Waals surface area contributed by atoms with Gasteiger partial charge in [-0.25, -0.2) is 0 Å². The third-order valence-electron chi connectivity index (χ3n) is 4.34. The minimum Gasteiger partial charge on any atom is -0.497 e. The molecule has 1 aliphatic carbocycles. The van der Waals surface area contributed by atoms with Crippen LogP contribution in [0.5, 0.6) is 5.75 Å². The number of methoxy groups -OCH3 is 1. The van der Waals surface area contributed by atoms with Gasteiger partial charge in [-0.3, -0.25) is 9.59 Å². The van der Waals surface area contributed by atoms with Crippen LogP contribution in [0.1, 0.15) is 23.2 Å². The van der Waals surface area contributed by atoms with Gasteiger partial charge in [-0.2, -0.15) is 0 Å². The van der Waals surface area contributed by atoms with E-state index in [2.05, 4.69) is 10.6 Å². The SMILES string of the molecule is COc1cccc(Nc2ccccc2C(=O)NC2CC(C(=O)O)C2)c1. The normalized spacial score (nSPS) is 18.8. The van der Waals surface area contributed by atoms with Gasteiger partial charge < -0.3 is 20.5 Å². The second-order valence-corrected chi connectivity index (χ2v) is 6.08. The average Bonchev–Trinajstić information content (AvgIpc) is 2.58. The van der Waals surface area contributed by atoms with E-state index in [0.29, 0.717) is 24.1 Å². The van der Waals surface area contributed by atoms with Gasteiger partial charge in [-0.15, -0.1) is 0 Å². The first-order chi connectivity index (χ1) is 12.1. The number of carbonyl (C=O) groups is 2. The molecule has 2 aromatic carbocycles. The Bertz CT molecular complexity index is 784. The van der Waals surface area contributed by atoms with Crippen LogP contribution in [0.25, 0.3) is 0 Å². The molecule has 6 heteroatoms. The van der Waals surface area contributed by atoms with Crippen LogP contribution in [-0.2, 0) is 4.79 Å². The molecule has 1 amide bonds. The molecule has 0 heterocycles. The summed E-state index contributed by atoms with van der Waals surface area (Å²) in [7, 11) is 1.60. The van der Waals surface area contributed by atoms with Crippen LogP contribution in [-0.4, -0.2) is 30.1 Å². The van der Waals surface area contributed by atoms with E-state index in [1.807, 2.05) is 36.4 Å². The lowest BCUT2D eigenvalue weighted by Gasteiger charge is -2.33. The quantitative estimate of drug-likeness (QED) is 0.752. The van der Waals surface area contributed by atoms with Gasteiger partial charge in [-0.05, 0) is 37.1 Å². The molecule has 0 aliphatic heterocycles. The zero-order valence-corrected chi connectivity index (χ0v) is 13.9. The Hall–Kier alpha value is -3.02. The molecule has 0 spiro atoms. The second kappa shape index (κ2) is 7.25. The molecule has 2 aromatic rings. The maximum atomic E-state index is 12.5. The molecule has 6 nitrogen and oxygen atoms in total. The summed E-state index contributed by atoms with van der Waals surface area (Å²) in [6.07, 6.45) is 0.957. The summed E-state index contributed by atoms with van der Waals surface area (Å²) in [6, 6.07) is 14.6. The number of aliphatic carboxylic acids is 1. The predicted molar refractivity (Wildman–Crippen MR) is 94.3 cm³/mol. The van der Waals surface area contributed by atoms with E-state index in [-0.39, 0.29) is 17.9 Å². The minimum atomic E-state index is -0.800. The summed E-state index contributed by atoms with van der Waals surface area (Å²) >= 11 is 0. The van der Waals surface area contributed by atoms with E-state index in [9.17, 15) is 9.59 Å². The lowest BCUT2D eigenvalue weighted by atomic mass is 9.80. The molecule has 3 rings (SSSR count). The number of benzene rings is 2. The van der Waals surface area contributed by atoms with E-state index in [1.165, 1.54) is 0 Å². The fourth-order valence-electron chi connectivity index (χ4n) is 2.85. The lowest BCUT2D eigenvalue weighted by molar-refractivity contribution is -0.145. The van der Waals surface area contributed by atoms with Crippen molar-refractivity contribution >= 4 is 23.3 Å². The number of carbonyl (C=O) groups excluding carboxylic acids is 1. The highest BCUT2D eigenvalue weighted by molar-refractivity contribution is 6.00. The first kappa shape index (κ1) is 16.8. The van der Waals surface area contributed by atoms with Crippen molar-refractivity contribution in [2.45, 2.75) is 18.9 Å². The molecule has 1 aliphatic rings. The zero-order valence-electron chi connectivity index (χ0n) is 13.9. The van der Waals surface area contributed by atoms with Crippen molar-refractivity contribution in [3.8, 4) is 5.75 Å². The fraction of sp³-hybridized carbons (Fsp3) is 0.263. The molecule has 0 unspecified atom stereocenters. The molecule has 25 heavy (non-hydrogen) atoms. The highest BCUT2D eigenvalue weighted by Gasteiger charge is 2.35. The zero-order chi connectivity index (χ0) is 17.8. The monoisotopic (exact) mass is 340 g/mol. The molecule has 0 radical (unpaired) electrons. The Kier molecular flexibility index (Phi) is 4.88. The van der Waals surface area contributed by atoms with E-state index in [4.69, 9.17) is 9.84 Å². The molecule has 0 atom stereocenters. The van der Waals surface area contributed by atoms with E-state index in [0.717, 1.165) is 11.4 Å². The Morgan fingerprint density at radius 3 is 2.60 bits per heavy atom. The number of para-hydroxylation sites is 1. The van der Waals surface area contributed by atoms with Crippen LogP contribution in [0, 0.1) is 5.92 Å². The number of anilines is 2. The smallest absolute Gasteiger partial charge is 0.306 e. The Labute approximate surface area is 145 Å². The summed E-state index contributed by atoms with van der Waals surface area (Å²) in [4.78, 5) is 23.4. The minimum absolute atomic E-state index is 0.0847. The predicted octanol–water partition coefficient (Wildman–Crippen LogP) is 3.03. The molecule has 3 N–H and O–H groups in total. The van der Waals surface area contributed by atoms with Crippen molar-refractivity contribution in [1.29, 1.82) is 0 Å². The van der Waals surface area contributed by atoms with E-state index in [1.54, 1.807) is 19.2 Å². The van der Waals surface area contributed by atoms with Gasteiger partial charge in [0.2, 0.25) is 0 Å². The van der Waals surface area contributed by atoms with Crippen molar-refractivity contribution in [3.05, 3.63) is 54.1 Å². The lowest BCUT2D eigenvalue weighted by Crippen LogP contribution is -2.46. The number of rotatable bonds is 6. The van der Waals surface area contributed by atoms with Crippen molar-refractivity contribution in [2.24, 2.45) is 5.92 Å². The highest BCUT2D eigenvalue weighted by atomic mass is 16.5. The molecule has 1 saturated carbocycles. The van der Waals surface area contributed by atoms with Gasteiger partial charge in [0.05, 0.1) is 24.3 Å². The maximum Gasteiger partial charge on any atom is 0.306 e. The maximum absolute atomic E-state index is 12.5. The van der Waals surface area contributed by atoms with Crippen LogP contribution in [0.4, 0.5) is 11.4 Å². The van der Waals surface area contributed by atoms with Crippen LogP contribution < -0.4 is 15.4 Å². The number of hydrogen-bond acceptors (Lipinski definition) is 4. The second-order valence-electron chi connectivity index (χ2n) is 6.08.